The van der Waals surface area contributed by atoms with E-state index in [1.165, 1.54) is 0 Å². The topological polar surface area (TPSA) is 98.9 Å². The van der Waals surface area contributed by atoms with Crippen LogP contribution in [-0.2, 0) is 0 Å². The van der Waals surface area contributed by atoms with Gasteiger partial charge in [-0.2, -0.15) is 5.11 Å². The lowest BCUT2D eigenvalue weighted by atomic mass is 10.3. The Hall–Kier alpha value is -2.63. The number of aromatic nitrogens is 1. The Bertz CT molecular complexity index is 565. The van der Waals surface area contributed by atoms with Gasteiger partial charge in [-0.05, 0) is 36.4 Å². The molecule has 2 aromatic rings. The first-order valence-electron chi connectivity index (χ1n) is 5.27. The van der Waals surface area contributed by atoms with E-state index in [-0.39, 0.29) is 5.82 Å². The number of benzene rings is 1. The zero-order chi connectivity index (χ0) is 13.0. The maximum absolute atomic E-state index is 5.67. The molecule has 0 aliphatic heterocycles. The normalized spacial score (nSPS) is 10.7. The van der Waals surface area contributed by atoms with Crippen molar-refractivity contribution in [2.75, 3.05) is 18.6 Å². The quantitative estimate of drug-likeness (QED) is 0.809. The van der Waals surface area contributed by atoms with Gasteiger partial charge in [-0.3, -0.25) is 0 Å². The molecule has 0 atom stereocenters. The van der Waals surface area contributed by atoms with E-state index in [2.05, 4.69) is 15.2 Å². The summed E-state index contributed by atoms with van der Waals surface area (Å²) < 4.78 is 5.05. The van der Waals surface area contributed by atoms with Crippen LogP contribution in [-0.4, -0.2) is 12.1 Å². The second-order valence-corrected chi connectivity index (χ2v) is 3.54. The third-order valence-electron chi connectivity index (χ3n) is 2.27. The number of hydrogen-bond acceptors (Lipinski definition) is 6. The van der Waals surface area contributed by atoms with Crippen LogP contribution in [0.3, 0.4) is 0 Å². The molecule has 0 aliphatic carbocycles. The van der Waals surface area contributed by atoms with Crippen molar-refractivity contribution in [3.05, 3.63) is 36.4 Å². The highest BCUT2D eigenvalue weighted by Gasteiger charge is 1.99. The molecule has 0 fully saturated rings. The first-order chi connectivity index (χ1) is 8.69. The van der Waals surface area contributed by atoms with Gasteiger partial charge in [0.2, 0.25) is 0 Å². The molecule has 0 aliphatic rings. The lowest BCUT2D eigenvalue weighted by Crippen LogP contribution is -1.95. The van der Waals surface area contributed by atoms with Crippen molar-refractivity contribution in [2.45, 2.75) is 0 Å². The van der Waals surface area contributed by atoms with Crippen molar-refractivity contribution in [1.29, 1.82) is 0 Å². The predicted octanol–water partition coefficient (Wildman–Crippen LogP) is 2.67. The Balaban J connectivity index is 2.19. The summed E-state index contributed by atoms with van der Waals surface area (Å²) in [5.74, 6) is 1.38. The molecule has 1 aromatic carbocycles. The van der Waals surface area contributed by atoms with Gasteiger partial charge in [-0.1, -0.05) is 0 Å². The zero-order valence-corrected chi connectivity index (χ0v) is 9.87. The van der Waals surface area contributed by atoms with Crippen LogP contribution >= 0.6 is 0 Å². The van der Waals surface area contributed by atoms with Crippen LogP contribution in [0.5, 0.6) is 5.75 Å². The van der Waals surface area contributed by atoms with Gasteiger partial charge in [-0.15, -0.1) is 5.11 Å². The smallest absolute Gasteiger partial charge is 0.153 e. The van der Waals surface area contributed by atoms with Crippen molar-refractivity contribution < 1.29 is 4.74 Å². The number of azo groups is 1. The van der Waals surface area contributed by atoms with E-state index >= 15 is 0 Å². The first kappa shape index (κ1) is 11.8. The number of anilines is 2. The Morgan fingerprint density at radius 3 is 2.33 bits per heavy atom. The second-order valence-electron chi connectivity index (χ2n) is 3.54. The molecule has 0 amide bonds. The van der Waals surface area contributed by atoms with E-state index in [9.17, 15) is 0 Å². The van der Waals surface area contributed by atoms with Crippen LogP contribution in [0.4, 0.5) is 23.0 Å². The molecule has 0 unspecified atom stereocenters. The van der Waals surface area contributed by atoms with Crippen LogP contribution in [0.2, 0.25) is 0 Å². The summed E-state index contributed by atoms with van der Waals surface area (Å²) >= 11 is 0. The van der Waals surface area contributed by atoms with Crippen molar-refractivity contribution in [2.24, 2.45) is 10.2 Å². The zero-order valence-electron chi connectivity index (χ0n) is 9.87. The minimum absolute atomic E-state index is 0.257. The van der Waals surface area contributed by atoms with Gasteiger partial charge in [0.25, 0.3) is 0 Å². The molecule has 0 saturated heterocycles. The molecular weight excluding hydrogens is 230 g/mol. The van der Waals surface area contributed by atoms with Crippen molar-refractivity contribution in [3.8, 4) is 5.75 Å². The van der Waals surface area contributed by atoms with Gasteiger partial charge >= 0.3 is 0 Å². The molecule has 92 valence electrons. The predicted molar refractivity (Wildman–Crippen MR) is 70.2 cm³/mol. The third-order valence-corrected chi connectivity index (χ3v) is 2.27. The van der Waals surface area contributed by atoms with Gasteiger partial charge in [0.1, 0.15) is 17.3 Å². The lowest BCUT2D eigenvalue weighted by Gasteiger charge is -2.00. The summed E-state index contributed by atoms with van der Waals surface area (Å²) in [7, 11) is 1.61. The van der Waals surface area contributed by atoms with Crippen LogP contribution in [0, 0.1) is 0 Å². The maximum atomic E-state index is 5.67. The molecule has 0 radical (unpaired) electrons. The number of nitrogen functional groups attached to an aromatic ring is 2. The number of rotatable bonds is 3. The molecule has 2 rings (SSSR count). The number of hydrogen-bond donors (Lipinski definition) is 2. The highest BCUT2D eigenvalue weighted by atomic mass is 16.5. The number of ether oxygens (including phenoxy) is 1. The first-order valence-corrected chi connectivity index (χ1v) is 5.27. The van der Waals surface area contributed by atoms with Crippen LogP contribution in [0.1, 0.15) is 0 Å². The summed E-state index contributed by atoms with van der Waals surface area (Å²) in [4.78, 5) is 3.90. The van der Waals surface area contributed by atoms with Gasteiger partial charge in [-0.25, -0.2) is 4.98 Å². The van der Waals surface area contributed by atoms with Crippen molar-refractivity contribution in [1.82, 2.24) is 4.98 Å². The summed E-state index contributed by atoms with van der Waals surface area (Å²) in [6.45, 7) is 0. The second kappa shape index (κ2) is 5.13. The molecule has 1 heterocycles. The van der Waals surface area contributed by atoms with E-state index in [0.717, 1.165) is 5.75 Å². The molecule has 6 nitrogen and oxygen atoms in total. The standard InChI is InChI=1S/C12H13N5O/c1-18-9-4-2-8(3-5-9)16-17-10-6-7-11(13)15-12(10)14/h2-7H,1H3,(H4,13,14,15). The van der Waals surface area contributed by atoms with Crippen molar-refractivity contribution >= 4 is 23.0 Å². The Morgan fingerprint density at radius 1 is 1.00 bits per heavy atom. The average Bonchev–Trinajstić information content (AvgIpc) is 2.38. The number of nitrogens with two attached hydrogens (primary N) is 2. The number of nitrogens with zero attached hydrogens (tertiary/aromatic N) is 3. The SMILES string of the molecule is COc1ccc(N=Nc2ccc(N)nc2N)cc1. The fourth-order valence-electron chi connectivity index (χ4n) is 1.33. The molecule has 0 spiro atoms. The van der Waals surface area contributed by atoms with Gasteiger partial charge in [0.05, 0.1) is 12.8 Å². The summed E-state index contributed by atoms with van der Waals surface area (Å²) in [5.41, 5.74) is 12.3. The minimum Gasteiger partial charge on any atom is -0.497 e. The molecule has 4 N–H and O–H groups in total. The Labute approximate surface area is 104 Å². The Morgan fingerprint density at radius 2 is 1.72 bits per heavy atom. The highest BCUT2D eigenvalue weighted by Crippen LogP contribution is 2.24. The van der Waals surface area contributed by atoms with Crippen LogP contribution in [0.25, 0.3) is 0 Å². The van der Waals surface area contributed by atoms with E-state index in [1.807, 2.05) is 0 Å². The maximum Gasteiger partial charge on any atom is 0.153 e. The van der Waals surface area contributed by atoms with E-state index in [1.54, 1.807) is 43.5 Å². The van der Waals surface area contributed by atoms with Crippen LogP contribution < -0.4 is 16.2 Å². The summed E-state index contributed by atoms with van der Waals surface area (Å²) in [6, 6.07) is 10.5. The molecule has 0 bridgehead atoms. The number of pyridine rings is 1. The van der Waals surface area contributed by atoms with Gasteiger partial charge < -0.3 is 16.2 Å². The average molecular weight is 243 g/mol. The third kappa shape index (κ3) is 2.73. The largest absolute Gasteiger partial charge is 0.497 e. The summed E-state index contributed by atoms with van der Waals surface area (Å²) in [6.07, 6.45) is 0. The van der Waals surface area contributed by atoms with E-state index in [4.69, 9.17) is 16.2 Å². The van der Waals surface area contributed by atoms with E-state index < -0.39 is 0 Å². The fourth-order valence-corrected chi connectivity index (χ4v) is 1.33. The van der Waals surface area contributed by atoms with Crippen molar-refractivity contribution in [3.63, 3.8) is 0 Å². The van der Waals surface area contributed by atoms with Crippen LogP contribution in [0.15, 0.2) is 46.6 Å². The molecular formula is C12H13N5O. The van der Waals surface area contributed by atoms with Gasteiger partial charge in [0.15, 0.2) is 5.82 Å². The minimum atomic E-state index is 0.257. The number of methoxy groups -OCH3 is 1. The molecule has 6 heteroatoms. The summed E-state index contributed by atoms with van der Waals surface area (Å²) in [5, 5.41) is 8.06. The highest BCUT2D eigenvalue weighted by molar-refractivity contribution is 5.60. The Kier molecular flexibility index (Phi) is 3.38. The molecule has 0 saturated carbocycles. The monoisotopic (exact) mass is 243 g/mol. The fraction of sp³-hybridized carbons (Fsp3) is 0.0833. The molecule has 18 heavy (non-hydrogen) atoms. The van der Waals surface area contributed by atoms with Gasteiger partial charge in [0, 0.05) is 0 Å². The molecule has 1 aromatic heterocycles. The van der Waals surface area contributed by atoms with E-state index in [0.29, 0.717) is 17.2 Å². The lowest BCUT2D eigenvalue weighted by molar-refractivity contribution is 0.415.